The maximum Gasteiger partial charge on any atom is 0.323 e. The van der Waals surface area contributed by atoms with Crippen LogP contribution in [0, 0.1) is 12.7 Å². The molecule has 1 N–H and O–H groups in total. The molecule has 0 saturated carbocycles. The molecule has 0 atom stereocenters. The van der Waals surface area contributed by atoms with Crippen molar-refractivity contribution in [1.82, 2.24) is 9.88 Å². The van der Waals surface area contributed by atoms with Crippen molar-refractivity contribution in [2.45, 2.75) is 13.5 Å². The molecule has 2 amide bonds. The predicted molar refractivity (Wildman–Crippen MR) is 73.7 cm³/mol. The fraction of sp³-hybridized carbons (Fsp3) is 0.231. The summed E-state index contributed by atoms with van der Waals surface area (Å²) in [6.07, 6.45) is 0. The van der Waals surface area contributed by atoms with Crippen LogP contribution in [0.5, 0.6) is 0 Å². The van der Waals surface area contributed by atoms with Gasteiger partial charge in [0.25, 0.3) is 0 Å². The van der Waals surface area contributed by atoms with Crippen LogP contribution in [0.3, 0.4) is 0 Å². The molecule has 0 unspecified atom stereocenters. The highest BCUT2D eigenvalue weighted by molar-refractivity contribution is 7.13. The largest absolute Gasteiger partial charge is 0.323 e. The molecule has 2 aromatic rings. The van der Waals surface area contributed by atoms with Gasteiger partial charge in [0.05, 0.1) is 5.69 Å². The first-order valence-corrected chi connectivity index (χ1v) is 6.61. The van der Waals surface area contributed by atoms with Crippen molar-refractivity contribution in [2.24, 2.45) is 0 Å². The monoisotopic (exact) mass is 279 g/mol. The van der Waals surface area contributed by atoms with E-state index in [2.05, 4.69) is 10.3 Å². The van der Waals surface area contributed by atoms with Gasteiger partial charge in [0.1, 0.15) is 5.82 Å². The fourth-order valence-corrected chi connectivity index (χ4v) is 2.26. The molecule has 0 aliphatic heterocycles. The molecule has 1 aromatic carbocycles. The molecular weight excluding hydrogens is 265 g/mol. The van der Waals surface area contributed by atoms with E-state index in [-0.39, 0.29) is 11.8 Å². The number of aromatic nitrogens is 1. The minimum atomic E-state index is -0.304. The summed E-state index contributed by atoms with van der Waals surface area (Å²) in [7, 11) is 1.65. The number of halogens is 1. The molecule has 2 rings (SSSR count). The predicted octanol–water partition coefficient (Wildman–Crippen LogP) is 3.25. The Morgan fingerprint density at radius 2 is 2.32 bits per heavy atom. The van der Waals surface area contributed by atoms with Crippen molar-refractivity contribution in [3.63, 3.8) is 0 Å². The van der Waals surface area contributed by atoms with Gasteiger partial charge in [0.15, 0.2) is 5.13 Å². The number of carbonyl (C=O) groups excluding carboxylic acids is 1. The van der Waals surface area contributed by atoms with Crippen LogP contribution in [-0.4, -0.2) is 23.0 Å². The maximum absolute atomic E-state index is 13.0. The van der Waals surface area contributed by atoms with E-state index in [9.17, 15) is 9.18 Å². The summed E-state index contributed by atoms with van der Waals surface area (Å²) in [6, 6.07) is 5.93. The van der Waals surface area contributed by atoms with E-state index in [1.807, 2.05) is 12.3 Å². The van der Waals surface area contributed by atoms with E-state index in [0.717, 1.165) is 11.3 Å². The lowest BCUT2D eigenvalue weighted by molar-refractivity contribution is 0.220. The fourth-order valence-electron chi connectivity index (χ4n) is 1.58. The van der Waals surface area contributed by atoms with Crippen molar-refractivity contribution < 1.29 is 9.18 Å². The Morgan fingerprint density at radius 3 is 2.95 bits per heavy atom. The zero-order valence-corrected chi connectivity index (χ0v) is 11.5. The summed E-state index contributed by atoms with van der Waals surface area (Å²) in [5.74, 6) is -0.304. The van der Waals surface area contributed by atoms with Crippen molar-refractivity contribution >= 4 is 22.5 Å². The van der Waals surface area contributed by atoms with E-state index >= 15 is 0 Å². The Hall–Kier alpha value is -1.95. The average Bonchev–Trinajstić information content (AvgIpc) is 2.74. The summed E-state index contributed by atoms with van der Waals surface area (Å²) in [5, 5.41) is 5.12. The standard InChI is InChI=1S/C13H14FN3OS/c1-9-8-19-12(15-9)16-13(18)17(2)7-10-4-3-5-11(14)6-10/h3-6,8H,7H2,1-2H3,(H,15,16,18). The van der Waals surface area contributed by atoms with Crippen LogP contribution in [0.15, 0.2) is 29.6 Å². The van der Waals surface area contributed by atoms with Gasteiger partial charge in [-0.2, -0.15) is 0 Å². The molecular formula is C13H14FN3OS. The molecule has 100 valence electrons. The summed E-state index contributed by atoms with van der Waals surface area (Å²) in [6.45, 7) is 2.20. The zero-order chi connectivity index (χ0) is 13.8. The van der Waals surface area contributed by atoms with Crippen LogP contribution in [0.2, 0.25) is 0 Å². The van der Waals surface area contributed by atoms with Gasteiger partial charge in [-0.15, -0.1) is 11.3 Å². The number of nitrogens with zero attached hydrogens (tertiary/aromatic N) is 2. The normalized spacial score (nSPS) is 10.3. The number of aryl methyl sites for hydroxylation is 1. The second kappa shape index (κ2) is 5.79. The number of hydrogen-bond donors (Lipinski definition) is 1. The van der Waals surface area contributed by atoms with Crippen LogP contribution in [0.4, 0.5) is 14.3 Å². The summed E-state index contributed by atoms with van der Waals surface area (Å²) in [4.78, 5) is 17.5. The number of anilines is 1. The van der Waals surface area contributed by atoms with Gasteiger partial charge in [-0.3, -0.25) is 5.32 Å². The van der Waals surface area contributed by atoms with Crippen LogP contribution in [-0.2, 0) is 6.54 Å². The topological polar surface area (TPSA) is 45.2 Å². The first-order chi connectivity index (χ1) is 9.04. The second-order valence-corrected chi connectivity index (χ2v) is 5.07. The number of urea groups is 1. The number of rotatable bonds is 3. The van der Waals surface area contributed by atoms with Crippen molar-refractivity contribution in [3.05, 3.63) is 46.7 Å². The molecule has 0 radical (unpaired) electrons. The van der Waals surface area contributed by atoms with Crippen molar-refractivity contribution in [1.29, 1.82) is 0 Å². The van der Waals surface area contributed by atoms with E-state index in [1.165, 1.54) is 28.4 Å². The minimum Gasteiger partial charge on any atom is -0.323 e. The van der Waals surface area contributed by atoms with Gasteiger partial charge in [0.2, 0.25) is 0 Å². The third kappa shape index (κ3) is 3.75. The number of amides is 2. The highest BCUT2D eigenvalue weighted by atomic mass is 32.1. The molecule has 6 heteroatoms. The first-order valence-electron chi connectivity index (χ1n) is 5.73. The van der Waals surface area contributed by atoms with E-state index < -0.39 is 0 Å². The molecule has 0 saturated heterocycles. The Morgan fingerprint density at radius 1 is 1.53 bits per heavy atom. The van der Waals surface area contributed by atoms with Crippen molar-refractivity contribution in [3.8, 4) is 0 Å². The summed E-state index contributed by atoms with van der Waals surface area (Å²) in [5.41, 5.74) is 1.61. The number of benzene rings is 1. The smallest absolute Gasteiger partial charge is 0.323 e. The quantitative estimate of drug-likeness (QED) is 0.937. The first kappa shape index (κ1) is 13.5. The zero-order valence-electron chi connectivity index (χ0n) is 10.7. The Balaban J connectivity index is 1.96. The second-order valence-electron chi connectivity index (χ2n) is 4.21. The van der Waals surface area contributed by atoms with Crippen LogP contribution in [0.25, 0.3) is 0 Å². The molecule has 4 nitrogen and oxygen atoms in total. The highest BCUT2D eigenvalue weighted by Gasteiger charge is 2.11. The molecule has 0 bridgehead atoms. The lowest BCUT2D eigenvalue weighted by Gasteiger charge is -2.17. The average molecular weight is 279 g/mol. The number of hydrogen-bond acceptors (Lipinski definition) is 3. The van der Waals surface area contributed by atoms with Crippen molar-refractivity contribution in [2.75, 3.05) is 12.4 Å². The Kier molecular flexibility index (Phi) is 4.11. The van der Waals surface area contributed by atoms with Gasteiger partial charge in [-0.05, 0) is 24.6 Å². The number of nitrogens with one attached hydrogen (secondary N) is 1. The lowest BCUT2D eigenvalue weighted by Crippen LogP contribution is -2.30. The van der Waals surface area contributed by atoms with E-state index in [1.54, 1.807) is 19.2 Å². The van der Waals surface area contributed by atoms with Gasteiger partial charge in [-0.25, -0.2) is 14.2 Å². The van der Waals surface area contributed by atoms with Gasteiger partial charge >= 0.3 is 6.03 Å². The van der Waals surface area contributed by atoms with Crippen LogP contribution >= 0.6 is 11.3 Å². The van der Waals surface area contributed by atoms with Crippen LogP contribution < -0.4 is 5.32 Å². The summed E-state index contributed by atoms with van der Waals surface area (Å²) >= 11 is 1.37. The molecule has 0 aliphatic rings. The third-order valence-corrected chi connectivity index (χ3v) is 3.36. The lowest BCUT2D eigenvalue weighted by atomic mass is 10.2. The summed E-state index contributed by atoms with van der Waals surface area (Å²) < 4.78 is 13.0. The molecule has 1 heterocycles. The van der Waals surface area contributed by atoms with Gasteiger partial charge in [-0.1, -0.05) is 12.1 Å². The van der Waals surface area contributed by atoms with Gasteiger partial charge < -0.3 is 4.90 Å². The molecule has 19 heavy (non-hydrogen) atoms. The Labute approximate surface area is 114 Å². The SMILES string of the molecule is Cc1csc(NC(=O)N(C)Cc2cccc(F)c2)n1. The molecule has 0 spiro atoms. The number of carbonyl (C=O) groups is 1. The Bertz CT molecular complexity index is 585. The maximum atomic E-state index is 13.0. The molecule has 0 fully saturated rings. The minimum absolute atomic E-state index is 0.265. The van der Waals surface area contributed by atoms with E-state index in [4.69, 9.17) is 0 Å². The highest BCUT2D eigenvalue weighted by Crippen LogP contribution is 2.15. The molecule has 1 aromatic heterocycles. The number of thiazole rings is 1. The van der Waals surface area contributed by atoms with Crippen LogP contribution in [0.1, 0.15) is 11.3 Å². The van der Waals surface area contributed by atoms with Gasteiger partial charge in [0, 0.05) is 19.0 Å². The molecule has 0 aliphatic carbocycles. The van der Waals surface area contributed by atoms with E-state index in [0.29, 0.717) is 11.7 Å². The third-order valence-electron chi connectivity index (χ3n) is 2.49.